The highest BCUT2D eigenvalue weighted by Crippen LogP contribution is 2.40. The van der Waals surface area contributed by atoms with E-state index >= 15 is 0 Å². The zero-order valence-corrected chi connectivity index (χ0v) is 32.5. The molecule has 8 aromatic carbocycles. The van der Waals surface area contributed by atoms with Crippen LogP contribution in [0.15, 0.2) is 218 Å². The Morgan fingerprint density at radius 2 is 0.500 bits per heavy atom. The molecule has 6 nitrogen and oxygen atoms in total. The van der Waals surface area contributed by atoms with Gasteiger partial charge in [0.2, 0.25) is 0 Å². The van der Waals surface area contributed by atoms with Crippen molar-refractivity contribution in [3.63, 3.8) is 0 Å². The van der Waals surface area contributed by atoms with Crippen molar-refractivity contribution in [3.8, 4) is 102 Å². The van der Waals surface area contributed by atoms with Crippen LogP contribution in [0.5, 0.6) is 0 Å². The fourth-order valence-electron chi connectivity index (χ4n) is 7.44. The quantitative estimate of drug-likeness (QED) is 0.145. The molecule has 0 atom stereocenters. The molecule has 0 fully saturated rings. The lowest BCUT2D eigenvalue weighted by molar-refractivity contribution is 1.07. The average Bonchev–Trinajstić information content (AvgIpc) is 3.35. The highest BCUT2D eigenvalue weighted by atomic mass is 15.0. The average molecular weight is 769 g/mol. The van der Waals surface area contributed by atoms with Crippen LogP contribution in [0.4, 0.5) is 0 Å². The van der Waals surface area contributed by atoms with Gasteiger partial charge in [-0.05, 0) is 45.5 Å². The van der Waals surface area contributed by atoms with Crippen LogP contribution < -0.4 is 0 Å². The lowest BCUT2D eigenvalue weighted by Crippen LogP contribution is -2.02. The molecule has 0 amide bonds. The van der Waals surface area contributed by atoms with Gasteiger partial charge in [-0.15, -0.1) is 0 Å². The van der Waals surface area contributed by atoms with Crippen LogP contribution >= 0.6 is 0 Å². The van der Waals surface area contributed by atoms with E-state index in [0.29, 0.717) is 34.9 Å². The lowest BCUT2D eigenvalue weighted by Gasteiger charge is -2.16. The Labute approximate surface area is 348 Å². The molecule has 0 spiro atoms. The molecule has 0 saturated heterocycles. The van der Waals surface area contributed by atoms with Crippen LogP contribution in [0.2, 0.25) is 0 Å². The van der Waals surface area contributed by atoms with Gasteiger partial charge in [-0.1, -0.05) is 206 Å². The predicted octanol–water partition coefficient (Wildman–Crippen LogP) is 13.1. The molecule has 60 heavy (non-hydrogen) atoms. The van der Waals surface area contributed by atoms with Crippen LogP contribution in [0.1, 0.15) is 0 Å². The zero-order valence-electron chi connectivity index (χ0n) is 32.5. The maximum Gasteiger partial charge on any atom is 0.164 e. The minimum Gasteiger partial charge on any atom is -0.208 e. The van der Waals surface area contributed by atoms with Crippen molar-refractivity contribution >= 4 is 0 Å². The maximum absolute atomic E-state index is 5.16. The predicted molar refractivity (Wildman–Crippen MR) is 242 cm³/mol. The van der Waals surface area contributed by atoms with Crippen LogP contribution in [-0.2, 0) is 0 Å². The number of rotatable bonds is 9. The van der Waals surface area contributed by atoms with Gasteiger partial charge >= 0.3 is 0 Å². The molecule has 0 N–H and O–H groups in total. The number of hydrogen-bond donors (Lipinski definition) is 0. The normalized spacial score (nSPS) is 11.0. The van der Waals surface area contributed by atoms with Crippen molar-refractivity contribution in [3.05, 3.63) is 218 Å². The van der Waals surface area contributed by atoms with E-state index in [4.69, 9.17) is 29.9 Å². The molecule has 10 rings (SSSR count). The number of aromatic nitrogens is 6. The summed E-state index contributed by atoms with van der Waals surface area (Å²) in [6.45, 7) is 0. The SMILES string of the molecule is c1ccc(-c2cccc(-c3nc(-c4ccccc4)nc(-c4ccc(-c5ccccc5-c5nc(-c6ccccc6)nc(-c6ccccc6)n5)c(-c5ccccc5)c4)n3)c2)cc1. The Morgan fingerprint density at radius 3 is 1.00 bits per heavy atom. The van der Waals surface area contributed by atoms with Gasteiger partial charge in [0.15, 0.2) is 34.9 Å². The largest absolute Gasteiger partial charge is 0.208 e. The van der Waals surface area contributed by atoms with E-state index in [1.807, 2.05) is 109 Å². The summed E-state index contributed by atoms with van der Waals surface area (Å²) in [7, 11) is 0. The fraction of sp³-hybridized carbons (Fsp3) is 0. The van der Waals surface area contributed by atoms with Crippen molar-refractivity contribution in [1.82, 2.24) is 29.9 Å². The Kier molecular flexibility index (Phi) is 9.84. The first-order valence-electron chi connectivity index (χ1n) is 19.9. The van der Waals surface area contributed by atoms with Gasteiger partial charge in [0, 0.05) is 33.4 Å². The van der Waals surface area contributed by atoms with Gasteiger partial charge in [0.05, 0.1) is 0 Å². The Hall–Kier alpha value is -8.22. The number of hydrogen-bond acceptors (Lipinski definition) is 6. The summed E-state index contributed by atoms with van der Waals surface area (Å²) in [4.78, 5) is 30.5. The molecule has 0 saturated carbocycles. The van der Waals surface area contributed by atoms with Crippen molar-refractivity contribution in [2.75, 3.05) is 0 Å². The summed E-state index contributed by atoms with van der Waals surface area (Å²) in [6, 6.07) is 74.2. The van der Waals surface area contributed by atoms with E-state index in [0.717, 1.165) is 66.8 Å². The van der Waals surface area contributed by atoms with E-state index in [-0.39, 0.29) is 0 Å². The summed E-state index contributed by atoms with van der Waals surface area (Å²) < 4.78 is 0. The zero-order chi connectivity index (χ0) is 40.1. The Morgan fingerprint density at radius 1 is 0.167 bits per heavy atom. The van der Waals surface area contributed by atoms with E-state index in [1.54, 1.807) is 0 Å². The van der Waals surface area contributed by atoms with Crippen molar-refractivity contribution < 1.29 is 0 Å². The molecular weight excluding hydrogens is 733 g/mol. The molecule has 0 aliphatic rings. The molecule has 0 radical (unpaired) electrons. The summed E-state index contributed by atoms with van der Waals surface area (Å²) in [6.07, 6.45) is 0. The topological polar surface area (TPSA) is 77.3 Å². The van der Waals surface area contributed by atoms with Gasteiger partial charge < -0.3 is 0 Å². The molecule has 0 bridgehead atoms. The second kappa shape index (κ2) is 16.3. The molecule has 2 heterocycles. The van der Waals surface area contributed by atoms with Crippen molar-refractivity contribution in [2.45, 2.75) is 0 Å². The maximum atomic E-state index is 5.16. The second-order valence-electron chi connectivity index (χ2n) is 14.3. The molecule has 0 aliphatic heterocycles. The smallest absolute Gasteiger partial charge is 0.164 e. The molecule has 0 unspecified atom stereocenters. The fourth-order valence-corrected chi connectivity index (χ4v) is 7.44. The van der Waals surface area contributed by atoms with Crippen molar-refractivity contribution in [2.24, 2.45) is 0 Å². The van der Waals surface area contributed by atoms with Crippen LogP contribution in [0.25, 0.3) is 102 Å². The first-order chi connectivity index (χ1) is 29.7. The lowest BCUT2D eigenvalue weighted by atomic mass is 9.90. The highest BCUT2D eigenvalue weighted by Gasteiger charge is 2.20. The van der Waals surface area contributed by atoms with Gasteiger partial charge in [-0.2, -0.15) is 0 Å². The van der Waals surface area contributed by atoms with Gasteiger partial charge in [-0.3, -0.25) is 0 Å². The Bertz CT molecular complexity index is 3010. The van der Waals surface area contributed by atoms with E-state index in [1.165, 1.54) is 0 Å². The third-order valence-electron chi connectivity index (χ3n) is 10.4. The number of benzene rings is 8. The Balaban J connectivity index is 1.14. The summed E-state index contributed by atoms with van der Waals surface area (Å²) in [5.74, 6) is 3.61. The molecular formula is C54H36N6. The van der Waals surface area contributed by atoms with Crippen LogP contribution in [0.3, 0.4) is 0 Å². The summed E-state index contributed by atoms with van der Waals surface area (Å²) in [5.41, 5.74) is 11.7. The molecule has 2 aromatic heterocycles. The van der Waals surface area contributed by atoms with Gasteiger partial charge in [0.25, 0.3) is 0 Å². The molecule has 6 heteroatoms. The second-order valence-corrected chi connectivity index (χ2v) is 14.3. The van der Waals surface area contributed by atoms with Crippen LogP contribution in [-0.4, -0.2) is 29.9 Å². The van der Waals surface area contributed by atoms with Gasteiger partial charge in [-0.25, -0.2) is 29.9 Å². The minimum absolute atomic E-state index is 0.582. The summed E-state index contributed by atoms with van der Waals surface area (Å²) in [5, 5.41) is 0. The molecule has 0 aliphatic carbocycles. The number of nitrogens with zero attached hydrogens (tertiary/aromatic N) is 6. The molecule has 282 valence electrons. The monoisotopic (exact) mass is 768 g/mol. The first-order valence-corrected chi connectivity index (χ1v) is 19.9. The van der Waals surface area contributed by atoms with Crippen LogP contribution in [0, 0.1) is 0 Å². The molecule has 10 aromatic rings. The van der Waals surface area contributed by atoms with Crippen molar-refractivity contribution in [1.29, 1.82) is 0 Å². The van der Waals surface area contributed by atoms with E-state index in [2.05, 4.69) is 109 Å². The van der Waals surface area contributed by atoms with E-state index < -0.39 is 0 Å². The minimum atomic E-state index is 0.582. The highest BCUT2D eigenvalue weighted by molar-refractivity contribution is 5.92. The third-order valence-corrected chi connectivity index (χ3v) is 10.4. The van der Waals surface area contributed by atoms with E-state index in [9.17, 15) is 0 Å². The third kappa shape index (κ3) is 7.49. The standard InChI is InChI=1S/C54H36N6/c1-6-19-37(20-7-1)42-29-18-30-43(35-42)52-56-49(39-23-10-3-11-24-39)57-53(58-52)44-33-34-46(48(36-44)38-21-8-2-9-22-38)45-31-16-17-32-47(45)54-59-50(40-25-12-4-13-26-40)55-51(60-54)41-27-14-5-15-28-41/h1-36H. The summed E-state index contributed by atoms with van der Waals surface area (Å²) >= 11 is 0. The van der Waals surface area contributed by atoms with Gasteiger partial charge in [0.1, 0.15) is 0 Å². The first kappa shape index (κ1) is 36.1.